The number of hydrogen-bond acceptors (Lipinski definition) is 18. The topological polar surface area (TPSA) is 371 Å². The first-order chi connectivity index (χ1) is 29.4. The molecule has 0 saturated carbocycles. The van der Waals surface area contributed by atoms with Crippen LogP contribution in [0.2, 0.25) is 0 Å². The number of aliphatic hydroxyl groups is 6. The molecule has 402 valence electrons. The number of rotatable bonds is 16. The Balaban J connectivity index is -0.0000000786. The molecular weight excluding hydrogens is 876 g/mol. The SMILES string of the molecule is CC(=O)[O-].CC(=O)[O-].CCC(O)C(=O)[O-].C[N+](C)(C)CCO.C[N+](C)(C)CCO.C[N+](C)(C)CCO.C[N+](C)(C)CCO.C[N+](C)(C)CCO.O=C(O)[C@@H]1CCCN1.O=C([O-])CCC(=O)[O-]. The first-order valence-electron chi connectivity index (χ1n) is 21.0. The van der Waals surface area contributed by atoms with Gasteiger partial charge in [-0.1, -0.05) is 6.92 Å². The lowest BCUT2D eigenvalue weighted by atomic mass is 10.2. The number of nitrogens with zero attached hydrogens (tertiary/aromatic N) is 5. The molecule has 0 aromatic heterocycles. The van der Waals surface area contributed by atoms with E-state index in [1.807, 2.05) is 0 Å². The lowest BCUT2D eigenvalue weighted by Crippen LogP contribution is -2.36. The molecule has 24 nitrogen and oxygen atoms in total. The van der Waals surface area contributed by atoms with Crippen LogP contribution in [0.3, 0.4) is 0 Å². The van der Waals surface area contributed by atoms with Gasteiger partial charge in [-0.3, -0.25) is 4.79 Å². The third kappa shape index (κ3) is 145. The van der Waals surface area contributed by atoms with Gasteiger partial charge in [0, 0.05) is 23.9 Å². The summed E-state index contributed by atoms with van der Waals surface area (Å²) in [6.07, 6.45) is -0.237. The van der Waals surface area contributed by atoms with Gasteiger partial charge < -0.3 is 113 Å². The number of aliphatic carboxylic acids is 6. The van der Waals surface area contributed by atoms with Gasteiger partial charge in [0.2, 0.25) is 0 Å². The Kier molecular flexibility index (Phi) is 61.5. The van der Waals surface area contributed by atoms with Gasteiger partial charge in [-0.2, -0.15) is 0 Å². The number of nitrogens with one attached hydrogen (secondary N) is 1. The van der Waals surface area contributed by atoms with E-state index in [0.717, 1.165) is 88.4 Å². The Bertz CT molecular complexity index is 1030. The standard InChI is InChI=1S/C5H9NO2.5C5H14NO.C4H6O4.C4H8O3.2C2H4O2/c7-5(8)4-2-1-3-6-4;5*1-6(2,3)4-5-7;5-3(6)1-2-4(7)8;1-2-3(5)4(6)7;2*1-2(3)4/h4,6H,1-3H2,(H,7,8);5*7H,4-5H2,1-3H3;1-2H2,(H,5,6)(H,7,8);3,5H,2H2,1H3,(H,6,7);2*1H3,(H,3,4)/q;5*+1;;;;/p-5/t4-;;;;;;;;;/m0........./s1. The molecule has 0 spiro atoms. The van der Waals surface area contributed by atoms with Crippen LogP contribution in [-0.4, -0.2) is 284 Å². The van der Waals surface area contributed by atoms with Crippen LogP contribution in [0, 0.1) is 0 Å². The zero-order chi connectivity index (χ0) is 55.1. The maximum Gasteiger partial charge on any atom is 0.320 e. The average molecular weight is 973 g/mol. The average Bonchev–Trinajstić information content (AvgIpc) is 3.62. The molecule has 1 fully saturated rings. The molecule has 1 aliphatic heterocycles. The molecule has 0 amide bonds. The summed E-state index contributed by atoms with van der Waals surface area (Å²) < 4.78 is 4.22. The molecule has 1 saturated heterocycles. The summed E-state index contributed by atoms with van der Waals surface area (Å²) in [5.74, 6) is -7.02. The third-order valence-electron chi connectivity index (χ3n) is 6.40. The number of quaternary nitrogens is 5. The molecular formula is C42H96N6O18. The fraction of sp³-hybridized carbons (Fsp3) is 0.857. The maximum absolute atomic E-state index is 10.1. The van der Waals surface area contributed by atoms with E-state index in [0.29, 0.717) is 0 Å². The fourth-order valence-corrected chi connectivity index (χ4v) is 2.77. The number of carboxylic acid groups (broad SMARTS) is 6. The Morgan fingerprint density at radius 1 is 0.515 bits per heavy atom. The van der Waals surface area contributed by atoms with Gasteiger partial charge in [0.1, 0.15) is 38.8 Å². The number of carbonyl (C=O) groups excluding carboxylic acids is 5. The van der Waals surface area contributed by atoms with Crippen LogP contribution in [0.15, 0.2) is 0 Å². The van der Waals surface area contributed by atoms with Gasteiger partial charge in [0.15, 0.2) is 0 Å². The van der Waals surface area contributed by atoms with E-state index in [2.05, 4.69) is 111 Å². The van der Waals surface area contributed by atoms with Crippen molar-refractivity contribution in [3.63, 3.8) is 0 Å². The predicted octanol–water partition coefficient (Wildman–Crippen LogP) is -8.47. The first-order valence-corrected chi connectivity index (χ1v) is 21.0. The number of hydrogen-bond donors (Lipinski definition) is 8. The lowest BCUT2D eigenvalue weighted by molar-refractivity contribution is -0.870. The largest absolute Gasteiger partial charge is 0.550 e. The Hall–Kier alpha value is -3.66. The van der Waals surface area contributed by atoms with Crippen molar-refractivity contribution in [3.05, 3.63) is 0 Å². The summed E-state index contributed by atoms with van der Waals surface area (Å²) in [6, 6.07) is -0.269. The molecule has 1 heterocycles. The van der Waals surface area contributed by atoms with Crippen molar-refractivity contribution in [2.45, 2.75) is 65.0 Å². The zero-order valence-corrected chi connectivity index (χ0v) is 43.8. The monoisotopic (exact) mass is 973 g/mol. The van der Waals surface area contributed by atoms with E-state index in [9.17, 15) is 34.5 Å². The van der Waals surface area contributed by atoms with Crippen LogP contribution in [0.4, 0.5) is 0 Å². The molecule has 0 aromatic rings. The maximum atomic E-state index is 10.1. The van der Waals surface area contributed by atoms with Crippen molar-refractivity contribution in [2.24, 2.45) is 0 Å². The van der Waals surface area contributed by atoms with E-state index in [1.54, 1.807) is 6.92 Å². The predicted molar refractivity (Wildman–Crippen MR) is 241 cm³/mol. The van der Waals surface area contributed by atoms with Gasteiger partial charge in [-0.05, 0) is 52.5 Å². The number of carboxylic acids is 6. The molecule has 0 radical (unpaired) electrons. The molecule has 8 N–H and O–H groups in total. The van der Waals surface area contributed by atoms with Gasteiger partial charge in [0.25, 0.3) is 0 Å². The molecule has 0 bridgehead atoms. The van der Waals surface area contributed by atoms with Gasteiger partial charge >= 0.3 is 5.97 Å². The van der Waals surface area contributed by atoms with Gasteiger partial charge in [0.05, 0.1) is 151 Å². The lowest BCUT2D eigenvalue weighted by Gasteiger charge is -2.21. The van der Waals surface area contributed by atoms with E-state index in [-0.39, 0.29) is 45.5 Å². The zero-order valence-electron chi connectivity index (χ0n) is 43.8. The van der Waals surface area contributed by atoms with Crippen LogP contribution in [0.25, 0.3) is 0 Å². The van der Waals surface area contributed by atoms with Crippen molar-refractivity contribution in [3.8, 4) is 0 Å². The van der Waals surface area contributed by atoms with E-state index < -0.39 is 54.8 Å². The van der Waals surface area contributed by atoms with Crippen molar-refractivity contribution >= 4 is 35.8 Å². The van der Waals surface area contributed by atoms with Crippen molar-refractivity contribution < 1.29 is 112 Å². The Morgan fingerprint density at radius 3 is 0.773 bits per heavy atom. The number of aliphatic hydroxyl groups excluding tert-OH is 6. The summed E-state index contributed by atoms with van der Waals surface area (Å²) >= 11 is 0. The van der Waals surface area contributed by atoms with E-state index in [4.69, 9.17) is 55.5 Å². The minimum Gasteiger partial charge on any atom is -0.550 e. The second-order valence-corrected chi connectivity index (χ2v) is 19.1. The molecule has 2 atom stereocenters. The molecule has 1 unspecified atom stereocenters. The Morgan fingerprint density at radius 2 is 0.727 bits per heavy atom. The first kappa shape index (κ1) is 82.4. The fourth-order valence-electron chi connectivity index (χ4n) is 2.77. The minimum absolute atomic E-state index is 0.211. The second kappa shape index (κ2) is 49.3. The molecule has 66 heavy (non-hydrogen) atoms. The summed E-state index contributed by atoms with van der Waals surface area (Å²) in [6.45, 7) is 9.95. The quantitative estimate of drug-likeness (QED) is 0.0666. The van der Waals surface area contributed by atoms with Crippen molar-refractivity contribution in [2.75, 3.05) is 178 Å². The summed E-state index contributed by atoms with van der Waals surface area (Å²) in [5.41, 5.74) is 0. The highest BCUT2D eigenvalue weighted by atomic mass is 16.4. The Labute approximate surface area is 396 Å². The van der Waals surface area contributed by atoms with Crippen LogP contribution < -0.4 is 30.8 Å². The number of carbonyl (C=O) groups is 6. The van der Waals surface area contributed by atoms with Crippen LogP contribution in [0.1, 0.15) is 52.9 Å². The highest BCUT2D eigenvalue weighted by Gasteiger charge is 2.20. The molecule has 0 aliphatic carbocycles. The van der Waals surface area contributed by atoms with E-state index >= 15 is 0 Å². The van der Waals surface area contributed by atoms with Crippen LogP contribution in [-0.2, 0) is 28.8 Å². The number of likely N-dealkylation sites (N-methyl/N-ethyl adjacent to an activating group) is 5. The second-order valence-electron chi connectivity index (χ2n) is 19.1. The summed E-state index contributed by atoms with van der Waals surface area (Å²) in [4.78, 5) is 56.5. The molecule has 1 aliphatic rings. The van der Waals surface area contributed by atoms with Gasteiger partial charge in [-0.25, -0.2) is 0 Å². The highest BCUT2D eigenvalue weighted by Crippen LogP contribution is 2.03. The third-order valence-corrected chi connectivity index (χ3v) is 6.40. The van der Waals surface area contributed by atoms with Crippen LogP contribution in [0.5, 0.6) is 0 Å². The molecule has 0 aromatic carbocycles. The molecule has 24 heteroatoms. The van der Waals surface area contributed by atoms with E-state index in [1.165, 1.54) is 0 Å². The normalized spacial score (nSPS) is 13.0. The summed E-state index contributed by atoms with van der Waals surface area (Å²) in [5, 5.41) is 108. The smallest absolute Gasteiger partial charge is 0.320 e. The minimum atomic E-state index is -1.40. The summed E-state index contributed by atoms with van der Waals surface area (Å²) in [7, 11) is 30.8. The highest BCUT2D eigenvalue weighted by molar-refractivity contribution is 5.73. The molecule has 1 rings (SSSR count). The van der Waals surface area contributed by atoms with Crippen molar-refractivity contribution in [1.29, 1.82) is 0 Å². The van der Waals surface area contributed by atoms with Crippen molar-refractivity contribution in [1.82, 2.24) is 5.32 Å². The van der Waals surface area contributed by atoms with Crippen LogP contribution >= 0.6 is 0 Å². The van der Waals surface area contributed by atoms with Gasteiger partial charge in [-0.15, -0.1) is 0 Å².